The number of nitrogens with zero attached hydrogens (tertiary/aromatic N) is 1. The fourth-order valence-electron chi connectivity index (χ4n) is 2.83. The van der Waals surface area contributed by atoms with Crippen LogP contribution >= 0.6 is 11.3 Å². The van der Waals surface area contributed by atoms with Crippen LogP contribution in [0.5, 0.6) is 5.75 Å². The van der Waals surface area contributed by atoms with Crippen molar-refractivity contribution in [1.82, 2.24) is 4.98 Å². The van der Waals surface area contributed by atoms with Gasteiger partial charge in [0.2, 0.25) is 0 Å². The maximum atomic E-state index is 12.7. The molecule has 1 amide bonds. The van der Waals surface area contributed by atoms with Gasteiger partial charge in [0, 0.05) is 22.8 Å². The van der Waals surface area contributed by atoms with Gasteiger partial charge in [0.25, 0.3) is 5.91 Å². The first kappa shape index (κ1) is 16.3. The number of thiazole rings is 1. The Bertz CT molecular complexity index is 1060. The standard InChI is InChI=1S/C21H16N2O2S/c1-25-19-13-16-5-3-2-4-15(16)12-18(19)20(24)23-17-8-6-14(7-9-17)21-22-10-11-26-21/h2-13H,1H3,(H,23,24). The number of ether oxygens (including phenoxy) is 1. The SMILES string of the molecule is COc1cc2ccccc2cc1C(=O)Nc1ccc(-c2nccs2)cc1. The minimum Gasteiger partial charge on any atom is -0.496 e. The summed E-state index contributed by atoms with van der Waals surface area (Å²) in [6, 6.07) is 19.3. The number of nitrogens with one attached hydrogen (secondary N) is 1. The maximum absolute atomic E-state index is 12.7. The van der Waals surface area contributed by atoms with Crippen LogP contribution in [0.1, 0.15) is 10.4 Å². The summed E-state index contributed by atoms with van der Waals surface area (Å²) in [6.45, 7) is 0. The topological polar surface area (TPSA) is 51.2 Å². The van der Waals surface area contributed by atoms with Gasteiger partial charge in [0.15, 0.2) is 0 Å². The van der Waals surface area contributed by atoms with Crippen molar-refractivity contribution < 1.29 is 9.53 Å². The summed E-state index contributed by atoms with van der Waals surface area (Å²) < 4.78 is 5.41. The molecule has 0 saturated carbocycles. The Labute approximate surface area is 155 Å². The number of methoxy groups -OCH3 is 1. The van der Waals surface area contributed by atoms with Crippen molar-refractivity contribution in [3.8, 4) is 16.3 Å². The number of anilines is 1. The van der Waals surface area contributed by atoms with E-state index in [1.54, 1.807) is 24.6 Å². The van der Waals surface area contributed by atoms with Crippen molar-refractivity contribution in [3.63, 3.8) is 0 Å². The van der Waals surface area contributed by atoms with Gasteiger partial charge in [0.1, 0.15) is 10.8 Å². The Balaban J connectivity index is 1.61. The molecule has 0 aliphatic rings. The molecule has 128 valence electrons. The molecule has 0 saturated heterocycles. The van der Waals surface area contributed by atoms with Crippen LogP contribution in [0.25, 0.3) is 21.3 Å². The summed E-state index contributed by atoms with van der Waals surface area (Å²) in [7, 11) is 1.57. The van der Waals surface area contributed by atoms with Crippen LogP contribution in [0.4, 0.5) is 5.69 Å². The summed E-state index contributed by atoms with van der Waals surface area (Å²) in [4.78, 5) is 17.0. The number of aromatic nitrogens is 1. The van der Waals surface area contributed by atoms with E-state index < -0.39 is 0 Å². The molecule has 26 heavy (non-hydrogen) atoms. The van der Waals surface area contributed by atoms with Crippen molar-refractivity contribution in [2.45, 2.75) is 0 Å². The molecule has 4 rings (SSSR count). The van der Waals surface area contributed by atoms with Crippen LogP contribution in [0.3, 0.4) is 0 Å². The van der Waals surface area contributed by atoms with Gasteiger partial charge in [-0.05, 0) is 47.2 Å². The number of hydrogen-bond acceptors (Lipinski definition) is 4. The van der Waals surface area contributed by atoms with E-state index in [-0.39, 0.29) is 5.91 Å². The first-order valence-electron chi connectivity index (χ1n) is 8.12. The van der Waals surface area contributed by atoms with Crippen LogP contribution < -0.4 is 10.1 Å². The van der Waals surface area contributed by atoms with Crippen molar-refractivity contribution in [2.75, 3.05) is 12.4 Å². The van der Waals surface area contributed by atoms with E-state index in [2.05, 4.69) is 10.3 Å². The van der Waals surface area contributed by atoms with E-state index in [4.69, 9.17) is 4.74 Å². The monoisotopic (exact) mass is 360 g/mol. The summed E-state index contributed by atoms with van der Waals surface area (Å²) in [5.41, 5.74) is 2.27. The molecule has 0 fully saturated rings. The average Bonchev–Trinajstić information content (AvgIpc) is 3.22. The summed E-state index contributed by atoms with van der Waals surface area (Å²) in [5, 5.41) is 7.87. The fourth-order valence-corrected chi connectivity index (χ4v) is 3.47. The molecular weight excluding hydrogens is 344 g/mol. The Morgan fingerprint density at radius 1 is 1.04 bits per heavy atom. The zero-order valence-electron chi connectivity index (χ0n) is 14.1. The molecule has 4 nitrogen and oxygen atoms in total. The molecule has 0 atom stereocenters. The highest BCUT2D eigenvalue weighted by Crippen LogP contribution is 2.27. The minimum atomic E-state index is -0.199. The Morgan fingerprint density at radius 2 is 1.77 bits per heavy atom. The Hall–Kier alpha value is -3.18. The van der Waals surface area contributed by atoms with Crippen LogP contribution in [-0.2, 0) is 0 Å². The third-order valence-electron chi connectivity index (χ3n) is 4.13. The van der Waals surface area contributed by atoms with Crippen molar-refractivity contribution in [2.24, 2.45) is 0 Å². The third-order valence-corrected chi connectivity index (χ3v) is 4.96. The van der Waals surface area contributed by atoms with Gasteiger partial charge in [-0.2, -0.15) is 0 Å². The normalized spacial score (nSPS) is 10.7. The van der Waals surface area contributed by atoms with Gasteiger partial charge >= 0.3 is 0 Å². The molecule has 0 spiro atoms. The van der Waals surface area contributed by atoms with Gasteiger partial charge in [-0.3, -0.25) is 4.79 Å². The third kappa shape index (κ3) is 3.17. The van der Waals surface area contributed by atoms with E-state index in [0.29, 0.717) is 11.3 Å². The second-order valence-corrected chi connectivity index (χ2v) is 6.66. The molecule has 0 unspecified atom stereocenters. The zero-order valence-corrected chi connectivity index (χ0v) is 14.9. The Morgan fingerprint density at radius 3 is 2.42 bits per heavy atom. The predicted octanol–water partition coefficient (Wildman–Crippen LogP) is 5.22. The quantitative estimate of drug-likeness (QED) is 0.542. The summed E-state index contributed by atoms with van der Waals surface area (Å²) in [5.74, 6) is 0.357. The molecule has 5 heteroatoms. The van der Waals surface area contributed by atoms with E-state index in [0.717, 1.165) is 27.0 Å². The van der Waals surface area contributed by atoms with Crippen molar-refractivity contribution >= 4 is 33.7 Å². The number of hydrogen-bond donors (Lipinski definition) is 1. The summed E-state index contributed by atoms with van der Waals surface area (Å²) in [6.07, 6.45) is 1.78. The second kappa shape index (κ2) is 6.98. The first-order chi connectivity index (χ1) is 12.7. The number of carbonyl (C=O) groups is 1. The molecule has 0 aliphatic carbocycles. The first-order valence-corrected chi connectivity index (χ1v) is 9.00. The molecule has 1 aromatic heterocycles. The lowest BCUT2D eigenvalue weighted by Gasteiger charge is -2.11. The van der Waals surface area contributed by atoms with E-state index in [1.165, 1.54) is 0 Å². The van der Waals surface area contributed by atoms with Gasteiger partial charge in [-0.15, -0.1) is 11.3 Å². The number of fused-ring (bicyclic) bond motifs is 1. The smallest absolute Gasteiger partial charge is 0.259 e. The van der Waals surface area contributed by atoms with Crippen LogP contribution in [-0.4, -0.2) is 18.0 Å². The molecule has 1 N–H and O–H groups in total. The number of carbonyl (C=O) groups excluding carboxylic acids is 1. The fraction of sp³-hybridized carbons (Fsp3) is 0.0476. The van der Waals surface area contributed by atoms with Crippen molar-refractivity contribution in [1.29, 1.82) is 0 Å². The highest BCUT2D eigenvalue weighted by molar-refractivity contribution is 7.13. The molecule has 0 bridgehead atoms. The van der Waals surface area contributed by atoms with E-state index in [1.807, 2.05) is 66.0 Å². The van der Waals surface area contributed by atoms with Gasteiger partial charge in [-0.25, -0.2) is 4.98 Å². The summed E-state index contributed by atoms with van der Waals surface area (Å²) >= 11 is 1.58. The minimum absolute atomic E-state index is 0.199. The zero-order chi connectivity index (χ0) is 17.9. The van der Waals surface area contributed by atoms with E-state index in [9.17, 15) is 4.79 Å². The number of amides is 1. The lowest BCUT2D eigenvalue weighted by molar-refractivity contribution is 0.102. The van der Waals surface area contributed by atoms with Gasteiger partial charge in [0.05, 0.1) is 12.7 Å². The molecule has 0 radical (unpaired) electrons. The van der Waals surface area contributed by atoms with Crippen LogP contribution in [0.2, 0.25) is 0 Å². The molecule has 1 heterocycles. The van der Waals surface area contributed by atoms with Crippen LogP contribution in [0.15, 0.2) is 72.2 Å². The number of rotatable bonds is 4. The molecule has 4 aromatic rings. The lowest BCUT2D eigenvalue weighted by atomic mass is 10.1. The molecular formula is C21H16N2O2S. The van der Waals surface area contributed by atoms with Gasteiger partial charge in [-0.1, -0.05) is 24.3 Å². The second-order valence-electron chi connectivity index (χ2n) is 5.77. The Kier molecular flexibility index (Phi) is 4.37. The van der Waals surface area contributed by atoms with Crippen molar-refractivity contribution in [3.05, 3.63) is 77.8 Å². The number of benzene rings is 3. The average molecular weight is 360 g/mol. The predicted molar refractivity (Wildman–Crippen MR) is 106 cm³/mol. The lowest BCUT2D eigenvalue weighted by Crippen LogP contribution is -2.13. The molecule has 3 aromatic carbocycles. The maximum Gasteiger partial charge on any atom is 0.259 e. The molecule has 0 aliphatic heterocycles. The van der Waals surface area contributed by atoms with E-state index >= 15 is 0 Å². The van der Waals surface area contributed by atoms with Crippen LogP contribution in [0, 0.1) is 0 Å². The largest absolute Gasteiger partial charge is 0.496 e. The van der Waals surface area contributed by atoms with Gasteiger partial charge < -0.3 is 10.1 Å². The highest BCUT2D eigenvalue weighted by Gasteiger charge is 2.14. The highest BCUT2D eigenvalue weighted by atomic mass is 32.1.